The van der Waals surface area contributed by atoms with Crippen LogP contribution in [0.5, 0.6) is 0 Å². The van der Waals surface area contributed by atoms with Gasteiger partial charge in [0, 0.05) is 17.7 Å². The molecule has 2 aromatic rings. The molecule has 146 valence electrons. The Kier molecular flexibility index (Phi) is 5.49. The standard InChI is InChI=1S/C22H25N3O3/c1-4-8-19(26)24-14(3)22(28)25-18-12-7-11-17(23)20(18)16-10-6-5-9-15(16)13(2)21(25)27/h5-7,9-14H,4,8,23H2,1-3H3,(H,24,26)/t13?,14-/m0/s1. The van der Waals surface area contributed by atoms with Gasteiger partial charge in [-0.1, -0.05) is 37.3 Å². The maximum Gasteiger partial charge on any atom is 0.256 e. The Labute approximate surface area is 164 Å². The van der Waals surface area contributed by atoms with Crippen molar-refractivity contribution in [1.82, 2.24) is 5.32 Å². The molecular formula is C22H25N3O3. The van der Waals surface area contributed by atoms with Crippen LogP contribution >= 0.6 is 0 Å². The molecule has 0 fully saturated rings. The summed E-state index contributed by atoms with van der Waals surface area (Å²) in [6, 6.07) is 11.9. The Bertz CT molecular complexity index is 938. The summed E-state index contributed by atoms with van der Waals surface area (Å²) in [6.07, 6.45) is 1.01. The average Bonchev–Trinajstić information content (AvgIpc) is 2.76. The van der Waals surface area contributed by atoms with Crippen molar-refractivity contribution in [2.75, 3.05) is 10.6 Å². The Balaban J connectivity index is 2.11. The first-order valence-electron chi connectivity index (χ1n) is 9.51. The Morgan fingerprint density at radius 3 is 2.61 bits per heavy atom. The number of anilines is 2. The maximum atomic E-state index is 13.3. The highest BCUT2D eigenvalue weighted by atomic mass is 16.2. The van der Waals surface area contributed by atoms with Crippen molar-refractivity contribution in [2.24, 2.45) is 0 Å². The number of amides is 3. The van der Waals surface area contributed by atoms with Crippen molar-refractivity contribution in [3.63, 3.8) is 0 Å². The van der Waals surface area contributed by atoms with E-state index in [4.69, 9.17) is 5.73 Å². The zero-order chi connectivity index (χ0) is 20.4. The monoisotopic (exact) mass is 379 g/mol. The molecule has 1 heterocycles. The molecule has 1 aliphatic rings. The van der Waals surface area contributed by atoms with E-state index in [1.165, 1.54) is 4.90 Å². The van der Waals surface area contributed by atoms with Crippen LogP contribution in [0.1, 0.15) is 45.1 Å². The second-order valence-corrected chi connectivity index (χ2v) is 7.10. The average molecular weight is 379 g/mol. The van der Waals surface area contributed by atoms with Crippen molar-refractivity contribution in [2.45, 2.75) is 45.6 Å². The van der Waals surface area contributed by atoms with E-state index >= 15 is 0 Å². The van der Waals surface area contributed by atoms with Gasteiger partial charge in [0.05, 0.1) is 11.6 Å². The van der Waals surface area contributed by atoms with Crippen LogP contribution in [0.3, 0.4) is 0 Å². The van der Waals surface area contributed by atoms with Crippen LogP contribution in [-0.2, 0) is 14.4 Å². The molecule has 0 spiro atoms. The van der Waals surface area contributed by atoms with Crippen LogP contribution in [0, 0.1) is 0 Å². The number of carbonyl (C=O) groups excluding carboxylic acids is 3. The van der Waals surface area contributed by atoms with Gasteiger partial charge in [0.2, 0.25) is 11.8 Å². The van der Waals surface area contributed by atoms with E-state index < -0.39 is 17.9 Å². The van der Waals surface area contributed by atoms with E-state index in [9.17, 15) is 14.4 Å². The lowest BCUT2D eigenvalue weighted by Crippen LogP contribution is -2.50. The molecule has 6 heteroatoms. The van der Waals surface area contributed by atoms with Gasteiger partial charge in [0.15, 0.2) is 0 Å². The predicted octanol–water partition coefficient (Wildman–Crippen LogP) is 3.22. The molecule has 0 aromatic heterocycles. The van der Waals surface area contributed by atoms with Gasteiger partial charge < -0.3 is 11.1 Å². The van der Waals surface area contributed by atoms with Crippen LogP contribution in [0.2, 0.25) is 0 Å². The fourth-order valence-corrected chi connectivity index (χ4v) is 3.61. The van der Waals surface area contributed by atoms with E-state index in [2.05, 4.69) is 5.32 Å². The molecule has 2 atom stereocenters. The van der Waals surface area contributed by atoms with E-state index in [1.807, 2.05) is 31.2 Å². The molecule has 0 aliphatic carbocycles. The third-order valence-electron chi connectivity index (χ3n) is 5.05. The maximum absolute atomic E-state index is 13.3. The van der Waals surface area contributed by atoms with Gasteiger partial charge in [-0.05, 0) is 43.5 Å². The number of fused-ring (bicyclic) bond motifs is 3. The van der Waals surface area contributed by atoms with Crippen LogP contribution in [0.4, 0.5) is 11.4 Å². The number of carbonyl (C=O) groups is 3. The Hall–Kier alpha value is -3.15. The van der Waals surface area contributed by atoms with Crippen molar-refractivity contribution in [1.29, 1.82) is 0 Å². The Morgan fingerprint density at radius 1 is 1.18 bits per heavy atom. The van der Waals surface area contributed by atoms with Crippen LogP contribution in [-0.4, -0.2) is 23.8 Å². The van der Waals surface area contributed by atoms with E-state index in [-0.39, 0.29) is 11.8 Å². The first kappa shape index (κ1) is 19.6. The molecule has 3 N–H and O–H groups in total. The second kappa shape index (κ2) is 7.84. The molecule has 0 saturated carbocycles. The van der Waals surface area contributed by atoms with Gasteiger partial charge >= 0.3 is 0 Å². The first-order chi connectivity index (χ1) is 13.4. The van der Waals surface area contributed by atoms with E-state index in [0.29, 0.717) is 29.8 Å². The highest BCUT2D eigenvalue weighted by Gasteiger charge is 2.37. The van der Waals surface area contributed by atoms with Crippen LogP contribution in [0.25, 0.3) is 11.1 Å². The van der Waals surface area contributed by atoms with Crippen molar-refractivity contribution in [3.05, 3.63) is 48.0 Å². The summed E-state index contributed by atoms with van der Waals surface area (Å²) in [7, 11) is 0. The molecule has 0 bridgehead atoms. The number of imide groups is 1. The molecule has 1 aliphatic heterocycles. The van der Waals surface area contributed by atoms with Gasteiger partial charge in [0.25, 0.3) is 5.91 Å². The number of benzene rings is 2. The van der Waals surface area contributed by atoms with Gasteiger partial charge in [-0.15, -0.1) is 0 Å². The van der Waals surface area contributed by atoms with Crippen molar-refractivity contribution >= 4 is 29.1 Å². The summed E-state index contributed by atoms with van der Waals surface area (Å²) in [6.45, 7) is 5.27. The van der Waals surface area contributed by atoms with Crippen molar-refractivity contribution < 1.29 is 14.4 Å². The highest BCUT2D eigenvalue weighted by molar-refractivity contribution is 6.22. The Morgan fingerprint density at radius 2 is 1.89 bits per heavy atom. The van der Waals surface area contributed by atoms with Gasteiger partial charge in [0.1, 0.15) is 6.04 Å². The minimum absolute atomic E-state index is 0.213. The zero-order valence-electron chi connectivity index (χ0n) is 16.4. The summed E-state index contributed by atoms with van der Waals surface area (Å²) >= 11 is 0. The minimum atomic E-state index is -0.828. The smallest absolute Gasteiger partial charge is 0.256 e. The molecule has 3 rings (SSSR count). The number of hydrogen-bond acceptors (Lipinski definition) is 4. The quantitative estimate of drug-likeness (QED) is 0.798. The second-order valence-electron chi connectivity index (χ2n) is 7.10. The topological polar surface area (TPSA) is 92.5 Å². The number of nitrogens with zero attached hydrogens (tertiary/aromatic N) is 1. The van der Waals surface area contributed by atoms with E-state index in [1.54, 1.807) is 32.0 Å². The lowest BCUT2D eigenvalue weighted by Gasteiger charge is -2.26. The highest BCUT2D eigenvalue weighted by Crippen LogP contribution is 2.43. The molecule has 3 amide bonds. The first-order valence-corrected chi connectivity index (χ1v) is 9.51. The number of hydrogen-bond donors (Lipinski definition) is 2. The van der Waals surface area contributed by atoms with Crippen LogP contribution < -0.4 is 16.0 Å². The minimum Gasteiger partial charge on any atom is -0.398 e. The number of nitrogens with two attached hydrogens (primary N) is 1. The molecule has 1 unspecified atom stereocenters. The largest absolute Gasteiger partial charge is 0.398 e. The number of nitrogens with one attached hydrogen (secondary N) is 1. The molecule has 0 saturated heterocycles. The summed E-state index contributed by atoms with van der Waals surface area (Å²) in [5, 5.41) is 2.69. The summed E-state index contributed by atoms with van der Waals surface area (Å²) in [5.74, 6) is -1.54. The van der Waals surface area contributed by atoms with Crippen LogP contribution in [0.15, 0.2) is 42.5 Å². The van der Waals surface area contributed by atoms with Crippen molar-refractivity contribution in [3.8, 4) is 11.1 Å². The van der Waals surface area contributed by atoms with Gasteiger partial charge in [-0.25, -0.2) is 4.90 Å². The summed E-state index contributed by atoms with van der Waals surface area (Å²) in [5.41, 5.74) is 9.53. The molecule has 28 heavy (non-hydrogen) atoms. The lowest BCUT2D eigenvalue weighted by molar-refractivity contribution is -0.131. The third-order valence-corrected chi connectivity index (χ3v) is 5.05. The number of rotatable bonds is 4. The fourth-order valence-electron chi connectivity index (χ4n) is 3.61. The molecule has 2 aromatic carbocycles. The summed E-state index contributed by atoms with van der Waals surface area (Å²) in [4.78, 5) is 39.6. The normalized spacial score (nSPS) is 16.6. The van der Waals surface area contributed by atoms with E-state index in [0.717, 1.165) is 11.1 Å². The third kappa shape index (κ3) is 3.38. The molecule has 0 radical (unpaired) electrons. The predicted molar refractivity (Wildman–Crippen MR) is 110 cm³/mol. The zero-order valence-corrected chi connectivity index (χ0v) is 16.4. The molecular weight excluding hydrogens is 354 g/mol. The fraction of sp³-hybridized carbons (Fsp3) is 0.318. The summed E-state index contributed by atoms with van der Waals surface area (Å²) < 4.78 is 0. The number of nitrogen functional groups attached to an aromatic ring is 1. The van der Waals surface area contributed by atoms with Gasteiger partial charge in [-0.2, -0.15) is 0 Å². The van der Waals surface area contributed by atoms with Gasteiger partial charge in [-0.3, -0.25) is 14.4 Å². The lowest BCUT2D eigenvalue weighted by atomic mass is 9.92. The molecule has 6 nitrogen and oxygen atoms in total. The SMILES string of the molecule is CCCC(=O)N[C@@H](C)C(=O)N1C(=O)C(C)c2ccccc2-c2c(N)cccc21.